The number of nitro benzene ring substituents is 1. The molecule has 0 fully saturated rings. The summed E-state index contributed by atoms with van der Waals surface area (Å²) < 4.78 is 22.5. The van der Waals surface area contributed by atoms with E-state index in [1.165, 1.54) is 48.5 Å². The SMILES string of the molecule is CCOc1ccc2oc(C)c(C(=O)Oc3ccc4c(c3)O/C(=C\c3ccc([N+](=O)[O-])cc3)C4=O)c2c1. The molecule has 5 rings (SSSR count). The first-order valence-electron chi connectivity index (χ1n) is 11.0. The molecular weight excluding hydrogens is 466 g/mol. The number of rotatable bonds is 6. The molecule has 180 valence electrons. The molecule has 0 aliphatic carbocycles. The molecule has 0 amide bonds. The van der Waals surface area contributed by atoms with Gasteiger partial charge in [-0.2, -0.15) is 0 Å². The Balaban J connectivity index is 1.38. The van der Waals surface area contributed by atoms with Crippen LogP contribution in [0.25, 0.3) is 17.0 Å². The van der Waals surface area contributed by atoms with Crippen LogP contribution >= 0.6 is 0 Å². The molecule has 0 saturated carbocycles. The lowest BCUT2D eigenvalue weighted by atomic mass is 10.1. The van der Waals surface area contributed by atoms with Gasteiger partial charge in [0.1, 0.15) is 34.2 Å². The average Bonchev–Trinajstić information content (AvgIpc) is 3.34. The highest BCUT2D eigenvalue weighted by atomic mass is 16.6. The zero-order valence-corrected chi connectivity index (χ0v) is 19.3. The van der Waals surface area contributed by atoms with Crippen LogP contribution in [0.5, 0.6) is 17.2 Å². The summed E-state index contributed by atoms with van der Waals surface area (Å²) in [7, 11) is 0. The Morgan fingerprint density at radius 2 is 1.81 bits per heavy atom. The van der Waals surface area contributed by atoms with Gasteiger partial charge in [0.15, 0.2) is 5.76 Å². The first kappa shape index (κ1) is 22.9. The fourth-order valence-electron chi connectivity index (χ4n) is 3.94. The molecule has 1 aliphatic heterocycles. The van der Waals surface area contributed by atoms with Crippen LogP contribution in [0.3, 0.4) is 0 Å². The monoisotopic (exact) mass is 485 g/mol. The second-order valence-corrected chi connectivity index (χ2v) is 7.96. The maximum Gasteiger partial charge on any atom is 0.347 e. The van der Waals surface area contributed by atoms with E-state index >= 15 is 0 Å². The quantitative estimate of drug-likeness (QED) is 0.109. The number of ether oxygens (including phenoxy) is 3. The standard InChI is InChI=1S/C27H19NO8/c1-3-33-18-9-11-22-21(13-18)25(15(2)34-22)27(30)35-19-8-10-20-23(14-19)36-24(26(20)29)12-16-4-6-17(7-5-16)28(31)32/h4-14H,3H2,1-2H3/b24-12-. The number of fused-ring (bicyclic) bond motifs is 2. The van der Waals surface area contributed by atoms with E-state index in [2.05, 4.69) is 0 Å². The number of hydrogen-bond acceptors (Lipinski definition) is 8. The molecule has 0 radical (unpaired) electrons. The van der Waals surface area contributed by atoms with Gasteiger partial charge in [-0.05, 0) is 68.0 Å². The first-order valence-corrected chi connectivity index (χ1v) is 11.0. The molecule has 0 saturated heterocycles. The summed E-state index contributed by atoms with van der Waals surface area (Å²) in [6.07, 6.45) is 1.49. The average molecular weight is 485 g/mol. The third kappa shape index (κ3) is 4.18. The van der Waals surface area contributed by atoms with Gasteiger partial charge in [0, 0.05) is 23.6 Å². The van der Waals surface area contributed by atoms with E-state index in [9.17, 15) is 19.7 Å². The minimum absolute atomic E-state index is 0.0553. The van der Waals surface area contributed by atoms with Crippen LogP contribution in [0.1, 0.15) is 39.0 Å². The van der Waals surface area contributed by atoms with Crippen molar-refractivity contribution in [1.82, 2.24) is 0 Å². The summed E-state index contributed by atoms with van der Waals surface area (Å²) in [4.78, 5) is 36.1. The lowest BCUT2D eigenvalue weighted by molar-refractivity contribution is -0.384. The van der Waals surface area contributed by atoms with Crippen molar-refractivity contribution in [3.8, 4) is 17.2 Å². The number of ketones is 1. The Labute approximate surface area is 204 Å². The molecule has 2 heterocycles. The number of furan rings is 1. The second-order valence-electron chi connectivity index (χ2n) is 7.96. The van der Waals surface area contributed by atoms with Gasteiger partial charge in [-0.1, -0.05) is 0 Å². The minimum atomic E-state index is -0.620. The summed E-state index contributed by atoms with van der Waals surface area (Å²) >= 11 is 0. The van der Waals surface area contributed by atoms with Crippen LogP contribution in [0, 0.1) is 17.0 Å². The molecule has 9 nitrogen and oxygen atoms in total. The number of carbonyl (C=O) groups is 2. The van der Waals surface area contributed by atoms with Gasteiger partial charge in [0.25, 0.3) is 5.69 Å². The van der Waals surface area contributed by atoms with E-state index in [-0.39, 0.29) is 34.3 Å². The number of Topliss-reactive ketones (excluding diaryl/α,β-unsaturated/α-hetero) is 1. The fraction of sp³-hybridized carbons (Fsp3) is 0.111. The zero-order chi connectivity index (χ0) is 25.4. The van der Waals surface area contributed by atoms with Crippen LogP contribution < -0.4 is 14.2 Å². The topological polar surface area (TPSA) is 118 Å². The van der Waals surface area contributed by atoms with Gasteiger partial charge < -0.3 is 18.6 Å². The Hall–Kier alpha value is -4.92. The molecule has 0 bridgehead atoms. The summed E-state index contributed by atoms with van der Waals surface area (Å²) in [5.41, 5.74) is 1.64. The van der Waals surface area contributed by atoms with Crippen molar-refractivity contribution in [2.24, 2.45) is 0 Å². The largest absolute Gasteiger partial charge is 0.494 e. The molecule has 1 aromatic heterocycles. The van der Waals surface area contributed by atoms with Crippen LogP contribution in [0.2, 0.25) is 0 Å². The highest BCUT2D eigenvalue weighted by Gasteiger charge is 2.29. The highest BCUT2D eigenvalue weighted by Crippen LogP contribution is 2.36. The number of allylic oxidation sites excluding steroid dienone is 1. The number of carbonyl (C=O) groups excluding carboxylic acids is 2. The fourth-order valence-corrected chi connectivity index (χ4v) is 3.94. The van der Waals surface area contributed by atoms with Crippen molar-refractivity contribution in [3.05, 3.63) is 99.0 Å². The molecule has 0 atom stereocenters. The predicted octanol–water partition coefficient (Wildman–Crippen LogP) is 5.88. The Morgan fingerprint density at radius 1 is 1.06 bits per heavy atom. The number of benzene rings is 3. The van der Waals surface area contributed by atoms with Crippen LogP contribution in [-0.2, 0) is 0 Å². The van der Waals surface area contributed by atoms with Gasteiger partial charge in [0.05, 0.1) is 17.1 Å². The van der Waals surface area contributed by atoms with E-state index in [1.807, 2.05) is 6.92 Å². The number of esters is 1. The molecule has 0 unspecified atom stereocenters. The van der Waals surface area contributed by atoms with E-state index in [0.717, 1.165) is 0 Å². The third-order valence-electron chi connectivity index (χ3n) is 5.60. The molecule has 1 aliphatic rings. The number of hydrogen-bond donors (Lipinski definition) is 0. The summed E-state index contributed by atoms with van der Waals surface area (Å²) in [5, 5.41) is 11.4. The van der Waals surface area contributed by atoms with Crippen molar-refractivity contribution in [2.75, 3.05) is 6.61 Å². The maximum atomic E-state index is 13.0. The third-order valence-corrected chi connectivity index (χ3v) is 5.60. The molecule has 0 spiro atoms. The smallest absolute Gasteiger partial charge is 0.347 e. The van der Waals surface area contributed by atoms with E-state index in [0.29, 0.717) is 40.2 Å². The maximum absolute atomic E-state index is 13.0. The molecular formula is C27H19NO8. The molecule has 3 aromatic carbocycles. The molecule has 0 N–H and O–H groups in total. The van der Waals surface area contributed by atoms with E-state index in [1.54, 1.807) is 25.1 Å². The Kier molecular flexibility index (Phi) is 5.73. The van der Waals surface area contributed by atoms with Gasteiger partial charge in [-0.15, -0.1) is 0 Å². The highest BCUT2D eigenvalue weighted by molar-refractivity contribution is 6.14. The van der Waals surface area contributed by atoms with Crippen LogP contribution in [0.4, 0.5) is 5.69 Å². The van der Waals surface area contributed by atoms with Gasteiger partial charge >= 0.3 is 5.97 Å². The lowest BCUT2D eigenvalue weighted by Gasteiger charge is -2.06. The summed E-state index contributed by atoms with van der Waals surface area (Å²) in [5.74, 6) is 0.541. The Morgan fingerprint density at radius 3 is 2.53 bits per heavy atom. The molecule has 36 heavy (non-hydrogen) atoms. The van der Waals surface area contributed by atoms with Gasteiger partial charge in [0.2, 0.25) is 5.78 Å². The number of non-ortho nitro benzene ring substituents is 1. The predicted molar refractivity (Wildman–Crippen MR) is 130 cm³/mol. The lowest BCUT2D eigenvalue weighted by Crippen LogP contribution is -2.09. The number of nitro groups is 1. The van der Waals surface area contributed by atoms with Crippen LogP contribution in [0.15, 0.2) is 70.8 Å². The van der Waals surface area contributed by atoms with Crippen molar-refractivity contribution in [1.29, 1.82) is 0 Å². The molecule has 9 heteroatoms. The second kappa shape index (κ2) is 9.03. The normalized spacial score (nSPS) is 13.5. The van der Waals surface area contributed by atoms with Crippen molar-refractivity contribution in [2.45, 2.75) is 13.8 Å². The Bertz CT molecular complexity index is 1560. The summed E-state index contributed by atoms with van der Waals surface area (Å²) in [6.45, 7) is 4.03. The zero-order valence-electron chi connectivity index (χ0n) is 19.3. The summed E-state index contributed by atoms with van der Waals surface area (Å²) in [6, 6.07) is 15.4. The van der Waals surface area contributed by atoms with E-state index < -0.39 is 10.9 Å². The molecule has 4 aromatic rings. The first-order chi connectivity index (χ1) is 17.3. The number of aryl methyl sites for hydroxylation is 1. The van der Waals surface area contributed by atoms with Gasteiger partial charge in [-0.3, -0.25) is 14.9 Å². The van der Waals surface area contributed by atoms with Crippen molar-refractivity contribution < 1.29 is 33.1 Å². The van der Waals surface area contributed by atoms with Crippen LogP contribution in [-0.4, -0.2) is 23.3 Å². The minimum Gasteiger partial charge on any atom is -0.494 e. The van der Waals surface area contributed by atoms with Gasteiger partial charge in [-0.25, -0.2) is 4.79 Å². The van der Waals surface area contributed by atoms with E-state index in [4.69, 9.17) is 18.6 Å². The van der Waals surface area contributed by atoms with Crippen molar-refractivity contribution in [3.63, 3.8) is 0 Å². The number of nitrogens with zero attached hydrogens (tertiary/aromatic N) is 1. The van der Waals surface area contributed by atoms with Crippen molar-refractivity contribution >= 4 is 34.5 Å².